The Labute approximate surface area is 122 Å². The molecule has 0 bridgehead atoms. The Hall–Kier alpha value is -1.51. The summed E-state index contributed by atoms with van der Waals surface area (Å²) in [4.78, 5) is 14.7. The van der Waals surface area contributed by atoms with Crippen LogP contribution in [-0.4, -0.2) is 30.4 Å². The molecule has 2 rings (SSSR count). The van der Waals surface area contributed by atoms with Crippen LogP contribution in [0.3, 0.4) is 0 Å². The molecule has 1 aliphatic heterocycles. The van der Waals surface area contributed by atoms with Gasteiger partial charge in [-0.2, -0.15) is 0 Å². The van der Waals surface area contributed by atoms with Crippen molar-refractivity contribution >= 4 is 11.6 Å². The van der Waals surface area contributed by atoms with Crippen molar-refractivity contribution in [2.24, 2.45) is 5.92 Å². The first kappa shape index (κ1) is 14.9. The molecule has 20 heavy (non-hydrogen) atoms. The highest BCUT2D eigenvalue weighted by Gasteiger charge is 2.27. The molecule has 0 aromatic heterocycles. The number of carbonyl (C=O) groups is 1. The van der Waals surface area contributed by atoms with E-state index < -0.39 is 0 Å². The number of nitrogens with one attached hydrogen (secondary N) is 1. The van der Waals surface area contributed by atoms with E-state index in [-0.39, 0.29) is 5.91 Å². The fourth-order valence-electron chi connectivity index (χ4n) is 2.91. The van der Waals surface area contributed by atoms with Gasteiger partial charge in [0.2, 0.25) is 0 Å². The molecule has 1 fully saturated rings. The van der Waals surface area contributed by atoms with Crippen molar-refractivity contribution in [3.05, 3.63) is 29.8 Å². The van der Waals surface area contributed by atoms with Gasteiger partial charge in [0.05, 0.1) is 5.56 Å². The summed E-state index contributed by atoms with van der Waals surface area (Å²) in [6.45, 7) is 7.09. The highest BCUT2D eigenvalue weighted by molar-refractivity contribution is 5.99. The lowest BCUT2D eigenvalue weighted by Crippen LogP contribution is -2.29. The zero-order valence-electron chi connectivity index (χ0n) is 12.7. The van der Waals surface area contributed by atoms with Crippen molar-refractivity contribution in [2.45, 2.75) is 39.5 Å². The Kier molecular flexibility index (Phi) is 5.45. The summed E-state index contributed by atoms with van der Waals surface area (Å²) in [5.74, 6) is 0.877. The molecule has 1 amide bonds. The molecule has 110 valence electrons. The quantitative estimate of drug-likeness (QED) is 0.856. The Morgan fingerprint density at radius 1 is 1.30 bits per heavy atom. The molecular weight excluding hydrogens is 248 g/mol. The predicted octanol–water partition coefficient (Wildman–Crippen LogP) is 3.77. The maximum Gasteiger partial charge on any atom is 0.255 e. The summed E-state index contributed by atoms with van der Waals surface area (Å²) in [5.41, 5.74) is 1.79. The number of anilines is 1. The van der Waals surface area contributed by atoms with Gasteiger partial charge in [0.25, 0.3) is 5.91 Å². The first-order valence-corrected chi connectivity index (χ1v) is 7.88. The number of para-hydroxylation sites is 1. The first-order valence-electron chi connectivity index (χ1n) is 7.88. The third-order valence-corrected chi connectivity index (χ3v) is 3.99. The van der Waals surface area contributed by atoms with Crippen LogP contribution >= 0.6 is 0 Å². The molecule has 1 unspecified atom stereocenters. The zero-order valence-corrected chi connectivity index (χ0v) is 12.7. The molecular formula is C17H26N2O. The van der Waals surface area contributed by atoms with Crippen molar-refractivity contribution in [3.8, 4) is 0 Å². The topological polar surface area (TPSA) is 32.3 Å². The molecule has 3 heteroatoms. The van der Waals surface area contributed by atoms with Crippen LogP contribution in [0.4, 0.5) is 5.69 Å². The molecule has 0 saturated carbocycles. The average molecular weight is 274 g/mol. The normalized spacial score (nSPS) is 18.3. The highest BCUT2D eigenvalue weighted by atomic mass is 16.2. The fourth-order valence-corrected chi connectivity index (χ4v) is 2.91. The maximum atomic E-state index is 12.7. The monoisotopic (exact) mass is 274 g/mol. The van der Waals surface area contributed by atoms with E-state index in [4.69, 9.17) is 0 Å². The number of hydrogen-bond acceptors (Lipinski definition) is 2. The van der Waals surface area contributed by atoms with Crippen molar-refractivity contribution in [3.63, 3.8) is 0 Å². The molecule has 3 nitrogen and oxygen atoms in total. The van der Waals surface area contributed by atoms with E-state index in [1.807, 2.05) is 29.2 Å². The van der Waals surface area contributed by atoms with E-state index >= 15 is 0 Å². The van der Waals surface area contributed by atoms with Gasteiger partial charge in [-0.3, -0.25) is 4.79 Å². The van der Waals surface area contributed by atoms with Crippen LogP contribution in [-0.2, 0) is 0 Å². The van der Waals surface area contributed by atoms with Gasteiger partial charge >= 0.3 is 0 Å². The lowest BCUT2D eigenvalue weighted by Gasteiger charge is -2.19. The van der Waals surface area contributed by atoms with Crippen LogP contribution in [0, 0.1) is 5.92 Å². The summed E-state index contributed by atoms with van der Waals surface area (Å²) in [5, 5.41) is 3.36. The van der Waals surface area contributed by atoms with Gasteiger partial charge in [-0.15, -0.1) is 0 Å². The molecule has 1 heterocycles. The van der Waals surface area contributed by atoms with Gasteiger partial charge in [-0.25, -0.2) is 0 Å². The molecule has 0 aliphatic carbocycles. The number of hydrogen-bond donors (Lipinski definition) is 1. The lowest BCUT2D eigenvalue weighted by atomic mass is 10.0. The van der Waals surface area contributed by atoms with Crippen molar-refractivity contribution in [2.75, 3.05) is 25.0 Å². The van der Waals surface area contributed by atoms with E-state index in [0.29, 0.717) is 5.92 Å². The predicted molar refractivity (Wildman–Crippen MR) is 84.1 cm³/mol. The van der Waals surface area contributed by atoms with E-state index in [1.54, 1.807) is 0 Å². The minimum absolute atomic E-state index is 0.183. The van der Waals surface area contributed by atoms with Crippen LogP contribution in [0.15, 0.2) is 24.3 Å². The second-order valence-electron chi connectivity index (χ2n) is 5.67. The van der Waals surface area contributed by atoms with Crippen LogP contribution in [0.1, 0.15) is 49.9 Å². The molecule has 1 aliphatic rings. The summed E-state index contributed by atoms with van der Waals surface area (Å²) in [7, 11) is 0. The smallest absolute Gasteiger partial charge is 0.255 e. The number of carbonyl (C=O) groups excluding carboxylic acids is 1. The molecule has 0 spiro atoms. The Bertz CT molecular complexity index is 444. The summed E-state index contributed by atoms with van der Waals surface area (Å²) >= 11 is 0. The van der Waals surface area contributed by atoms with E-state index in [2.05, 4.69) is 19.2 Å². The van der Waals surface area contributed by atoms with E-state index in [9.17, 15) is 4.79 Å². The minimum Gasteiger partial charge on any atom is -0.384 e. The van der Waals surface area contributed by atoms with E-state index in [1.165, 1.54) is 12.8 Å². The number of nitrogens with zero attached hydrogens (tertiary/aromatic N) is 1. The fraction of sp³-hybridized carbons (Fsp3) is 0.588. The lowest BCUT2D eigenvalue weighted by molar-refractivity contribution is 0.0787. The Morgan fingerprint density at radius 3 is 2.85 bits per heavy atom. The SMILES string of the molecule is CCCNc1ccccc1C(=O)N1CCC(CCC)C1. The van der Waals surface area contributed by atoms with Crippen LogP contribution in [0.5, 0.6) is 0 Å². The number of likely N-dealkylation sites (tertiary alicyclic amines) is 1. The molecule has 0 radical (unpaired) electrons. The molecule has 1 aromatic carbocycles. The third-order valence-electron chi connectivity index (χ3n) is 3.99. The largest absolute Gasteiger partial charge is 0.384 e. The maximum absolute atomic E-state index is 12.7. The summed E-state index contributed by atoms with van der Waals surface area (Å²) < 4.78 is 0. The number of benzene rings is 1. The van der Waals surface area contributed by atoms with Gasteiger partial charge in [-0.05, 0) is 37.3 Å². The minimum atomic E-state index is 0.183. The van der Waals surface area contributed by atoms with Crippen LogP contribution in [0.25, 0.3) is 0 Å². The molecule has 1 aromatic rings. The number of rotatable bonds is 6. The zero-order chi connectivity index (χ0) is 14.4. The van der Waals surface area contributed by atoms with Crippen molar-refractivity contribution in [1.29, 1.82) is 0 Å². The first-order chi connectivity index (χ1) is 9.76. The highest BCUT2D eigenvalue weighted by Crippen LogP contribution is 2.25. The second kappa shape index (κ2) is 7.32. The summed E-state index contributed by atoms with van der Waals surface area (Å²) in [6.07, 6.45) is 4.66. The van der Waals surface area contributed by atoms with Crippen molar-refractivity contribution in [1.82, 2.24) is 4.90 Å². The summed E-state index contributed by atoms with van der Waals surface area (Å²) in [6, 6.07) is 7.87. The van der Waals surface area contributed by atoms with Crippen molar-refractivity contribution < 1.29 is 4.79 Å². The second-order valence-corrected chi connectivity index (χ2v) is 5.67. The van der Waals surface area contributed by atoms with Gasteiger partial charge in [0, 0.05) is 25.3 Å². The average Bonchev–Trinajstić information content (AvgIpc) is 2.94. The van der Waals surface area contributed by atoms with Gasteiger partial charge in [-0.1, -0.05) is 32.4 Å². The van der Waals surface area contributed by atoms with Gasteiger partial charge in [0.1, 0.15) is 0 Å². The standard InChI is InChI=1S/C17H26N2O/c1-3-7-14-10-12-19(13-14)17(20)15-8-5-6-9-16(15)18-11-4-2/h5-6,8-9,14,18H,3-4,7,10-13H2,1-2H3. The van der Waals surface area contributed by atoms with Gasteiger partial charge < -0.3 is 10.2 Å². The van der Waals surface area contributed by atoms with Crippen LogP contribution < -0.4 is 5.32 Å². The Balaban J connectivity index is 2.05. The Morgan fingerprint density at radius 2 is 2.10 bits per heavy atom. The number of amides is 1. The molecule has 1 atom stereocenters. The molecule has 1 saturated heterocycles. The molecule has 1 N–H and O–H groups in total. The van der Waals surface area contributed by atoms with Crippen LogP contribution in [0.2, 0.25) is 0 Å². The third kappa shape index (κ3) is 3.53. The van der Waals surface area contributed by atoms with E-state index in [0.717, 1.165) is 43.7 Å². The van der Waals surface area contributed by atoms with Gasteiger partial charge in [0.15, 0.2) is 0 Å².